The third-order valence-corrected chi connectivity index (χ3v) is 9.63. The van der Waals surface area contributed by atoms with Gasteiger partial charge >= 0.3 is 0 Å². The standard InChI is InChI=1S/C41H81NO4/c1-3-5-7-9-11-13-15-16-17-18-19-20-21-22-23-24-25-26-28-30-32-34-36-40(45)41(46)42-38(37-43)39(44)35-33-31-29-27-14-12-10-8-6-4-2/h22-23,38-40,43-45H,3-21,24-37H2,1-2H3,(H,42,46)/b23-22-. The molecular weight excluding hydrogens is 570 g/mol. The molecule has 0 saturated heterocycles. The van der Waals surface area contributed by atoms with Gasteiger partial charge in [0.15, 0.2) is 0 Å². The largest absolute Gasteiger partial charge is 0.394 e. The van der Waals surface area contributed by atoms with Crippen LogP contribution >= 0.6 is 0 Å². The maximum absolute atomic E-state index is 12.4. The van der Waals surface area contributed by atoms with Crippen molar-refractivity contribution in [3.63, 3.8) is 0 Å². The summed E-state index contributed by atoms with van der Waals surface area (Å²) < 4.78 is 0. The first kappa shape index (κ1) is 45.1. The number of allylic oxidation sites excluding steroid dienone is 2. The minimum Gasteiger partial charge on any atom is -0.394 e. The third-order valence-electron chi connectivity index (χ3n) is 9.63. The van der Waals surface area contributed by atoms with Crippen LogP contribution in [-0.4, -0.2) is 46.1 Å². The van der Waals surface area contributed by atoms with Gasteiger partial charge in [0.1, 0.15) is 6.10 Å². The molecule has 3 unspecified atom stereocenters. The zero-order valence-electron chi connectivity index (χ0n) is 31.0. The zero-order chi connectivity index (χ0) is 33.8. The normalized spacial score (nSPS) is 13.8. The van der Waals surface area contributed by atoms with Crippen molar-refractivity contribution in [2.24, 2.45) is 0 Å². The summed E-state index contributed by atoms with van der Waals surface area (Å²) in [5.41, 5.74) is 0. The average Bonchev–Trinajstić information content (AvgIpc) is 3.06. The lowest BCUT2D eigenvalue weighted by atomic mass is 10.0. The highest BCUT2D eigenvalue weighted by Crippen LogP contribution is 2.15. The number of hydrogen-bond donors (Lipinski definition) is 4. The molecular formula is C41H81NO4. The van der Waals surface area contributed by atoms with Crippen molar-refractivity contribution in [3.05, 3.63) is 12.2 Å². The van der Waals surface area contributed by atoms with Gasteiger partial charge in [-0.25, -0.2) is 0 Å². The van der Waals surface area contributed by atoms with Gasteiger partial charge in [0.05, 0.1) is 18.8 Å². The van der Waals surface area contributed by atoms with Crippen LogP contribution in [-0.2, 0) is 4.79 Å². The van der Waals surface area contributed by atoms with E-state index in [-0.39, 0.29) is 6.61 Å². The van der Waals surface area contributed by atoms with Crippen LogP contribution < -0.4 is 5.32 Å². The lowest BCUT2D eigenvalue weighted by molar-refractivity contribution is -0.131. The van der Waals surface area contributed by atoms with Crippen molar-refractivity contribution in [2.75, 3.05) is 6.61 Å². The number of carbonyl (C=O) groups is 1. The Kier molecular flexibility index (Phi) is 36.2. The predicted molar refractivity (Wildman–Crippen MR) is 199 cm³/mol. The minimum absolute atomic E-state index is 0.314. The molecule has 274 valence electrons. The molecule has 0 aromatic heterocycles. The van der Waals surface area contributed by atoms with Crippen LogP contribution in [0.5, 0.6) is 0 Å². The van der Waals surface area contributed by atoms with Crippen molar-refractivity contribution in [2.45, 2.75) is 238 Å². The van der Waals surface area contributed by atoms with Crippen molar-refractivity contribution in [3.8, 4) is 0 Å². The lowest BCUT2D eigenvalue weighted by Crippen LogP contribution is -2.49. The van der Waals surface area contributed by atoms with Crippen LogP contribution in [0.2, 0.25) is 0 Å². The number of nitrogens with one attached hydrogen (secondary N) is 1. The van der Waals surface area contributed by atoms with Crippen LogP contribution in [0.15, 0.2) is 12.2 Å². The van der Waals surface area contributed by atoms with Gasteiger partial charge in [0, 0.05) is 0 Å². The van der Waals surface area contributed by atoms with Gasteiger partial charge < -0.3 is 20.6 Å². The molecule has 4 N–H and O–H groups in total. The Morgan fingerprint density at radius 3 is 1.20 bits per heavy atom. The molecule has 5 nitrogen and oxygen atoms in total. The Labute approximate surface area is 287 Å². The first-order chi connectivity index (χ1) is 22.6. The molecule has 0 heterocycles. The SMILES string of the molecule is CCCCCCCCCCCCCC/C=C\CCCCCCCCC(O)C(=O)NC(CO)C(O)CCCCCCCCCCCC. The molecule has 0 aliphatic carbocycles. The summed E-state index contributed by atoms with van der Waals surface area (Å²) in [6.07, 6.45) is 42.1. The average molecular weight is 652 g/mol. The summed E-state index contributed by atoms with van der Waals surface area (Å²) in [4.78, 5) is 12.4. The molecule has 0 aliphatic rings. The first-order valence-corrected chi connectivity index (χ1v) is 20.5. The molecule has 0 fully saturated rings. The fourth-order valence-electron chi connectivity index (χ4n) is 6.36. The fourth-order valence-corrected chi connectivity index (χ4v) is 6.36. The highest BCUT2D eigenvalue weighted by molar-refractivity contribution is 5.80. The monoisotopic (exact) mass is 652 g/mol. The third kappa shape index (κ3) is 31.7. The van der Waals surface area contributed by atoms with Crippen LogP contribution in [0.25, 0.3) is 0 Å². The molecule has 0 radical (unpaired) electrons. The summed E-state index contributed by atoms with van der Waals surface area (Å²) in [6, 6.07) is -0.709. The number of unbranched alkanes of at least 4 members (excludes halogenated alkanes) is 27. The molecule has 0 aromatic carbocycles. The molecule has 46 heavy (non-hydrogen) atoms. The molecule has 0 spiro atoms. The summed E-state index contributed by atoms with van der Waals surface area (Å²) in [5, 5.41) is 33.1. The van der Waals surface area contributed by atoms with Gasteiger partial charge in [-0.15, -0.1) is 0 Å². The molecule has 0 aromatic rings. The second kappa shape index (κ2) is 36.9. The van der Waals surface area contributed by atoms with E-state index >= 15 is 0 Å². The van der Waals surface area contributed by atoms with Gasteiger partial charge in [-0.05, 0) is 38.5 Å². The van der Waals surface area contributed by atoms with E-state index in [0.29, 0.717) is 12.8 Å². The molecule has 3 atom stereocenters. The number of hydrogen-bond acceptors (Lipinski definition) is 4. The number of amides is 1. The first-order valence-electron chi connectivity index (χ1n) is 20.5. The number of aliphatic hydroxyl groups is 3. The van der Waals surface area contributed by atoms with Gasteiger partial charge in [-0.2, -0.15) is 0 Å². The summed E-state index contributed by atoms with van der Waals surface area (Å²) in [7, 11) is 0. The number of rotatable bonds is 37. The summed E-state index contributed by atoms with van der Waals surface area (Å²) in [6.45, 7) is 4.21. The quantitative estimate of drug-likeness (QED) is 0.0397. The Balaban J connectivity index is 3.60. The van der Waals surface area contributed by atoms with Crippen LogP contribution in [0, 0.1) is 0 Å². The van der Waals surface area contributed by atoms with Crippen LogP contribution in [0.4, 0.5) is 0 Å². The van der Waals surface area contributed by atoms with Crippen molar-refractivity contribution in [1.82, 2.24) is 5.32 Å². The second-order valence-corrected chi connectivity index (χ2v) is 14.2. The minimum atomic E-state index is -1.08. The van der Waals surface area contributed by atoms with E-state index in [4.69, 9.17) is 0 Å². The Bertz CT molecular complexity index is 640. The molecule has 0 rings (SSSR count). The maximum Gasteiger partial charge on any atom is 0.249 e. The summed E-state index contributed by atoms with van der Waals surface area (Å²) in [5.74, 6) is -0.476. The number of carbonyl (C=O) groups excluding carboxylic acids is 1. The smallest absolute Gasteiger partial charge is 0.249 e. The van der Waals surface area contributed by atoms with E-state index in [1.54, 1.807) is 0 Å². The molecule has 0 saturated carbocycles. The molecule has 5 heteroatoms. The van der Waals surface area contributed by atoms with Crippen molar-refractivity contribution < 1.29 is 20.1 Å². The maximum atomic E-state index is 12.4. The second-order valence-electron chi connectivity index (χ2n) is 14.2. The predicted octanol–water partition coefficient (Wildman–Crippen LogP) is 11.3. The molecule has 0 bridgehead atoms. The number of aliphatic hydroxyl groups excluding tert-OH is 3. The Hall–Kier alpha value is -0.910. The van der Waals surface area contributed by atoms with Gasteiger partial charge in [-0.3, -0.25) is 4.79 Å². The fraction of sp³-hybridized carbons (Fsp3) is 0.927. The molecule has 1 amide bonds. The Morgan fingerprint density at radius 2 is 0.826 bits per heavy atom. The summed E-state index contributed by atoms with van der Waals surface area (Å²) >= 11 is 0. The highest BCUT2D eigenvalue weighted by atomic mass is 16.3. The van der Waals surface area contributed by atoms with Crippen molar-refractivity contribution in [1.29, 1.82) is 0 Å². The van der Waals surface area contributed by atoms with Gasteiger partial charge in [0.25, 0.3) is 0 Å². The van der Waals surface area contributed by atoms with E-state index < -0.39 is 24.2 Å². The van der Waals surface area contributed by atoms with Gasteiger partial charge in [-0.1, -0.05) is 193 Å². The lowest BCUT2D eigenvalue weighted by Gasteiger charge is -2.23. The molecule has 0 aliphatic heterocycles. The van der Waals surface area contributed by atoms with Crippen LogP contribution in [0.3, 0.4) is 0 Å². The van der Waals surface area contributed by atoms with Gasteiger partial charge in [0.2, 0.25) is 5.91 Å². The van der Waals surface area contributed by atoms with Crippen molar-refractivity contribution >= 4 is 5.91 Å². The topological polar surface area (TPSA) is 89.8 Å². The van der Waals surface area contributed by atoms with E-state index in [1.165, 1.54) is 161 Å². The van der Waals surface area contributed by atoms with E-state index in [9.17, 15) is 20.1 Å². The van der Waals surface area contributed by atoms with E-state index in [1.807, 2.05) is 0 Å². The van der Waals surface area contributed by atoms with E-state index in [0.717, 1.165) is 32.1 Å². The van der Waals surface area contributed by atoms with E-state index in [2.05, 4.69) is 31.3 Å². The highest BCUT2D eigenvalue weighted by Gasteiger charge is 2.23. The zero-order valence-corrected chi connectivity index (χ0v) is 31.0. The Morgan fingerprint density at radius 1 is 0.500 bits per heavy atom. The van der Waals surface area contributed by atoms with Crippen LogP contribution in [0.1, 0.15) is 219 Å².